The fourth-order valence-electron chi connectivity index (χ4n) is 2.12. The number of halogens is 2. The van der Waals surface area contributed by atoms with Gasteiger partial charge in [-0.25, -0.2) is 4.39 Å². The molecule has 4 heteroatoms. The van der Waals surface area contributed by atoms with Crippen LogP contribution < -0.4 is 10.1 Å². The number of benzene rings is 2. The van der Waals surface area contributed by atoms with Crippen molar-refractivity contribution in [2.75, 3.05) is 6.54 Å². The molecule has 0 spiro atoms. The van der Waals surface area contributed by atoms with Crippen LogP contribution in [0.3, 0.4) is 0 Å². The minimum atomic E-state index is -0.267. The molecule has 0 heterocycles. The molecule has 0 aromatic heterocycles. The van der Waals surface area contributed by atoms with Crippen molar-refractivity contribution in [3.8, 4) is 5.75 Å². The van der Waals surface area contributed by atoms with E-state index in [1.165, 1.54) is 12.1 Å². The predicted octanol–water partition coefficient (Wildman–Crippen LogP) is 4.73. The molecule has 0 aliphatic carbocycles. The lowest BCUT2D eigenvalue weighted by Gasteiger charge is -2.15. The van der Waals surface area contributed by atoms with Crippen molar-refractivity contribution in [2.24, 2.45) is 0 Å². The normalized spacial score (nSPS) is 12.2. The summed E-state index contributed by atoms with van der Waals surface area (Å²) in [5.41, 5.74) is 1.89. The van der Waals surface area contributed by atoms with Crippen molar-refractivity contribution in [2.45, 2.75) is 26.5 Å². The zero-order valence-electron chi connectivity index (χ0n) is 12.2. The topological polar surface area (TPSA) is 21.3 Å². The fraction of sp³-hybridized carbons (Fsp3) is 0.294. The van der Waals surface area contributed by atoms with E-state index in [-0.39, 0.29) is 11.9 Å². The van der Waals surface area contributed by atoms with E-state index in [9.17, 15) is 4.39 Å². The van der Waals surface area contributed by atoms with Crippen LogP contribution in [0, 0.1) is 5.82 Å². The van der Waals surface area contributed by atoms with Crippen LogP contribution in [0.25, 0.3) is 0 Å². The highest BCUT2D eigenvalue weighted by atomic mass is 35.5. The first-order chi connectivity index (χ1) is 10.1. The average Bonchev–Trinajstić information content (AvgIpc) is 2.46. The molecule has 0 bridgehead atoms. The maximum Gasteiger partial charge on any atom is 0.138 e. The molecule has 0 amide bonds. The quantitative estimate of drug-likeness (QED) is 0.833. The van der Waals surface area contributed by atoms with Crippen LogP contribution in [0.1, 0.15) is 31.0 Å². The van der Waals surface area contributed by atoms with E-state index in [4.69, 9.17) is 16.3 Å². The molecular formula is C17H19ClFNO. The first-order valence-corrected chi connectivity index (χ1v) is 7.38. The van der Waals surface area contributed by atoms with Gasteiger partial charge >= 0.3 is 0 Å². The summed E-state index contributed by atoms with van der Waals surface area (Å²) >= 11 is 6.24. The van der Waals surface area contributed by atoms with E-state index < -0.39 is 0 Å². The Bertz CT molecular complexity index is 603. The van der Waals surface area contributed by atoms with Gasteiger partial charge in [0.25, 0.3) is 0 Å². The molecular weight excluding hydrogens is 289 g/mol. The van der Waals surface area contributed by atoms with Gasteiger partial charge in [0.05, 0.1) is 5.02 Å². The number of rotatable bonds is 6. The van der Waals surface area contributed by atoms with Gasteiger partial charge in [0, 0.05) is 6.04 Å². The summed E-state index contributed by atoms with van der Waals surface area (Å²) in [6.07, 6.45) is 0. The molecule has 112 valence electrons. The molecule has 1 atom stereocenters. The van der Waals surface area contributed by atoms with E-state index in [0.717, 1.165) is 17.7 Å². The van der Waals surface area contributed by atoms with Crippen molar-refractivity contribution < 1.29 is 9.13 Å². The van der Waals surface area contributed by atoms with Gasteiger partial charge in [0.1, 0.15) is 18.2 Å². The summed E-state index contributed by atoms with van der Waals surface area (Å²) in [6.45, 7) is 5.34. The second kappa shape index (κ2) is 7.43. The van der Waals surface area contributed by atoms with Crippen molar-refractivity contribution in [3.63, 3.8) is 0 Å². The Kier molecular flexibility index (Phi) is 5.59. The smallest absolute Gasteiger partial charge is 0.138 e. The van der Waals surface area contributed by atoms with E-state index in [2.05, 4.69) is 19.2 Å². The molecule has 0 radical (unpaired) electrons. The summed E-state index contributed by atoms with van der Waals surface area (Å²) in [5, 5.41) is 3.89. The third-order valence-electron chi connectivity index (χ3n) is 3.25. The largest absolute Gasteiger partial charge is 0.487 e. The molecule has 0 aliphatic heterocycles. The molecule has 2 aromatic carbocycles. The van der Waals surface area contributed by atoms with Gasteiger partial charge in [-0.3, -0.25) is 0 Å². The Morgan fingerprint density at radius 2 is 2.05 bits per heavy atom. The van der Waals surface area contributed by atoms with Crippen LogP contribution in [-0.4, -0.2) is 6.54 Å². The second-order valence-electron chi connectivity index (χ2n) is 4.89. The van der Waals surface area contributed by atoms with E-state index in [0.29, 0.717) is 17.4 Å². The summed E-state index contributed by atoms with van der Waals surface area (Å²) < 4.78 is 18.8. The molecule has 2 aromatic rings. The number of ether oxygens (including phenoxy) is 1. The maximum atomic E-state index is 13.1. The summed E-state index contributed by atoms with van der Waals surface area (Å²) in [6, 6.07) is 12.3. The van der Waals surface area contributed by atoms with E-state index in [1.54, 1.807) is 6.07 Å². The molecule has 1 unspecified atom stereocenters. The summed E-state index contributed by atoms with van der Waals surface area (Å²) in [7, 11) is 0. The van der Waals surface area contributed by atoms with Crippen LogP contribution in [0.15, 0.2) is 42.5 Å². The fourth-order valence-corrected chi connectivity index (χ4v) is 2.36. The van der Waals surface area contributed by atoms with Gasteiger partial charge in [0.2, 0.25) is 0 Å². The Morgan fingerprint density at radius 3 is 2.71 bits per heavy atom. The van der Waals surface area contributed by atoms with Crippen LogP contribution in [-0.2, 0) is 6.61 Å². The lowest BCUT2D eigenvalue weighted by atomic mass is 10.1. The molecule has 0 aliphatic rings. The highest BCUT2D eigenvalue weighted by Crippen LogP contribution is 2.28. The lowest BCUT2D eigenvalue weighted by molar-refractivity contribution is 0.305. The van der Waals surface area contributed by atoms with Gasteiger partial charge in [0.15, 0.2) is 0 Å². The van der Waals surface area contributed by atoms with E-state index in [1.807, 2.05) is 24.3 Å². The van der Waals surface area contributed by atoms with E-state index >= 15 is 0 Å². The molecule has 1 N–H and O–H groups in total. The maximum absolute atomic E-state index is 13.1. The Labute approximate surface area is 129 Å². The van der Waals surface area contributed by atoms with Gasteiger partial charge in [-0.1, -0.05) is 36.7 Å². The van der Waals surface area contributed by atoms with Crippen molar-refractivity contribution >= 4 is 11.6 Å². The Hall–Kier alpha value is -1.58. The molecule has 0 saturated carbocycles. The molecule has 2 rings (SSSR count). The van der Waals surface area contributed by atoms with Crippen molar-refractivity contribution in [3.05, 3.63) is 64.4 Å². The number of hydrogen-bond acceptors (Lipinski definition) is 2. The first-order valence-electron chi connectivity index (χ1n) is 7.00. The van der Waals surface area contributed by atoms with Crippen LogP contribution in [0.4, 0.5) is 4.39 Å². The number of nitrogens with one attached hydrogen (secondary N) is 1. The number of hydrogen-bond donors (Lipinski definition) is 1. The molecule has 0 fully saturated rings. The summed E-state index contributed by atoms with van der Waals surface area (Å²) in [5.74, 6) is 0.338. The zero-order chi connectivity index (χ0) is 15.2. The lowest BCUT2D eigenvalue weighted by Crippen LogP contribution is -2.17. The van der Waals surface area contributed by atoms with Gasteiger partial charge in [-0.05, 0) is 48.9 Å². The summed E-state index contributed by atoms with van der Waals surface area (Å²) in [4.78, 5) is 0. The first kappa shape index (κ1) is 15.8. The Morgan fingerprint density at radius 1 is 1.24 bits per heavy atom. The van der Waals surface area contributed by atoms with Gasteiger partial charge in [-0.2, -0.15) is 0 Å². The van der Waals surface area contributed by atoms with Gasteiger partial charge < -0.3 is 10.1 Å². The highest BCUT2D eigenvalue weighted by Gasteiger charge is 2.08. The van der Waals surface area contributed by atoms with Crippen LogP contribution in [0.2, 0.25) is 5.02 Å². The molecule has 0 saturated heterocycles. The molecule has 21 heavy (non-hydrogen) atoms. The van der Waals surface area contributed by atoms with Crippen LogP contribution in [0.5, 0.6) is 5.75 Å². The zero-order valence-corrected chi connectivity index (χ0v) is 13.0. The second-order valence-corrected chi connectivity index (χ2v) is 5.30. The average molecular weight is 308 g/mol. The third kappa shape index (κ3) is 4.45. The standard InChI is InChI=1S/C17H19ClFNO/c1-3-20-12(2)14-7-8-17(16(18)10-14)21-11-13-5-4-6-15(19)9-13/h4-10,12,20H,3,11H2,1-2H3. The van der Waals surface area contributed by atoms with Gasteiger partial charge in [-0.15, -0.1) is 0 Å². The highest BCUT2D eigenvalue weighted by molar-refractivity contribution is 6.32. The molecule has 2 nitrogen and oxygen atoms in total. The minimum absolute atomic E-state index is 0.241. The third-order valence-corrected chi connectivity index (χ3v) is 3.54. The minimum Gasteiger partial charge on any atom is -0.487 e. The monoisotopic (exact) mass is 307 g/mol. The van der Waals surface area contributed by atoms with Crippen LogP contribution >= 0.6 is 11.6 Å². The van der Waals surface area contributed by atoms with Crippen molar-refractivity contribution in [1.82, 2.24) is 5.32 Å². The Balaban J connectivity index is 2.04. The SMILES string of the molecule is CCNC(C)c1ccc(OCc2cccc(F)c2)c(Cl)c1. The van der Waals surface area contributed by atoms with Crippen molar-refractivity contribution in [1.29, 1.82) is 0 Å². The predicted molar refractivity (Wildman–Crippen MR) is 84.3 cm³/mol.